The number of aliphatic hydroxyl groups excluding tert-OH is 1. The van der Waals surface area contributed by atoms with E-state index in [0.717, 1.165) is 16.7 Å². The van der Waals surface area contributed by atoms with Gasteiger partial charge in [-0.25, -0.2) is 4.39 Å². The summed E-state index contributed by atoms with van der Waals surface area (Å²) in [5.41, 5.74) is 1.97. The van der Waals surface area contributed by atoms with Gasteiger partial charge >= 0.3 is 0 Å². The lowest BCUT2D eigenvalue weighted by Crippen LogP contribution is -2.18. The molecule has 0 unspecified atom stereocenters. The SMILES string of the molecule is OCCNCc1ccc2cc(Cc3ccccc3)oc2c1F. The molecule has 0 aliphatic carbocycles. The number of nitrogens with one attached hydrogen (secondary N) is 1. The minimum Gasteiger partial charge on any atom is -0.458 e. The second-order valence-corrected chi connectivity index (χ2v) is 5.23. The predicted octanol–water partition coefficient (Wildman–Crippen LogP) is 3.24. The number of fused-ring (bicyclic) bond motifs is 1. The molecule has 3 aromatic rings. The van der Waals surface area contributed by atoms with E-state index in [1.807, 2.05) is 42.5 Å². The van der Waals surface area contributed by atoms with Gasteiger partial charge in [0.1, 0.15) is 5.76 Å². The first-order chi connectivity index (χ1) is 10.8. The van der Waals surface area contributed by atoms with Crippen LogP contribution < -0.4 is 5.32 Å². The summed E-state index contributed by atoms with van der Waals surface area (Å²) in [7, 11) is 0. The third-order valence-corrected chi connectivity index (χ3v) is 3.58. The van der Waals surface area contributed by atoms with Gasteiger partial charge in [0.25, 0.3) is 0 Å². The van der Waals surface area contributed by atoms with Gasteiger partial charge in [-0.15, -0.1) is 0 Å². The summed E-state index contributed by atoms with van der Waals surface area (Å²) in [5.74, 6) is 0.419. The molecule has 3 rings (SSSR count). The number of furan rings is 1. The second kappa shape index (κ2) is 6.73. The fraction of sp³-hybridized carbons (Fsp3) is 0.222. The Morgan fingerprint density at radius 3 is 2.68 bits per heavy atom. The van der Waals surface area contributed by atoms with Crippen molar-refractivity contribution in [3.8, 4) is 0 Å². The number of halogens is 1. The molecule has 3 nitrogen and oxygen atoms in total. The second-order valence-electron chi connectivity index (χ2n) is 5.23. The molecule has 0 bridgehead atoms. The van der Waals surface area contributed by atoms with Crippen LogP contribution in [0.5, 0.6) is 0 Å². The van der Waals surface area contributed by atoms with E-state index in [4.69, 9.17) is 9.52 Å². The van der Waals surface area contributed by atoms with Gasteiger partial charge in [-0.1, -0.05) is 42.5 Å². The summed E-state index contributed by atoms with van der Waals surface area (Å²) in [4.78, 5) is 0. The van der Waals surface area contributed by atoms with Crippen molar-refractivity contribution < 1.29 is 13.9 Å². The van der Waals surface area contributed by atoms with Crippen LogP contribution >= 0.6 is 0 Å². The van der Waals surface area contributed by atoms with Crippen LogP contribution in [0.1, 0.15) is 16.9 Å². The molecule has 1 heterocycles. The summed E-state index contributed by atoms with van der Waals surface area (Å²) in [6.07, 6.45) is 0.646. The summed E-state index contributed by atoms with van der Waals surface area (Å²) in [5, 5.41) is 12.5. The first kappa shape index (κ1) is 14.8. The lowest BCUT2D eigenvalue weighted by molar-refractivity contribution is 0.291. The highest BCUT2D eigenvalue weighted by atomic mass is 19.1. The fourth-order valence-corrected chi connectivity index (χ4v) is 2.49. The average molecular weight is 299 g/mol. The average Bonchev–Trinajstić information content (AvgIpc) is 2.94. The standard InChI is InChI=1S/C18H18FNO2/c19-17-15(12-20-8-9-21)7-6-14-11-16(22-18(14)17)10-13-4-2-1-3-5-13/h1-7,11,20-21H,8-10,12H2. The largest absolute Gasteiger partial charge is 0.458 e. The van der Waals surface area contributed by atoms with Crippen molar-refractivity contribution in [3.63, 3.8) is 0 Å². The van der Waals surface area contributed by atoms with Crippen LogP contribution in [0.4, 0.5) is 4.39 Å². The molecular weight excluding hydrogens is 281 g/mol. The molecule has 4 heteroatoms. The van der Waals surface area contributed by atoms with Gasteiger partial charge in [-0.05, 0) is 11.6 Å². The van der Waals surface area contributed by atoms with Gasteiger partial charge < -0.3 is 14.8 Å². The van der Waals surface area contributed by atoms with Crippen LogP contribution in [0.2, 0.25) is 0 Å². The predicted molar refractivity (Wildman–Crippen MR) is 84.2 cm³/mol. The molecule has 0 aliphatic heterocycles. The molecule has 0 aliphatic rings. The maximum Gasteiger partial charge on any atom is 0.170 e. The first-order valence-electron chi connectivity index (χ1n) is 7.33. The van der Waals surface area contributed by atoms with Crippen molar-refractivity contribution >= 4 is 11.0 Å². The summed E-state index contributed by atoms with van der Waals surface area (Å²) in [6.45, 7) is 0.845. The highest BCUT2D eigenvalue weighted by Gasteiger charge is 2.12. The van der Waals surface area contributed by atoms with E-state index in [1.165, 1.54) is 0 Å². The van der Waals surface area contributed by atoms with E-state index in [0.29, 0.717) is 30.7 Å². The van der Waals surface area contributed by atoms with Crippen molar-refractivity contribution in [2.75, 3.05) is 13.2 Å². The zero-order chi connectivity index (χ0) is 15.4. The summed E-state index contributed by atoms with van der Waals surface area (Å²) in [6, 6.07) is 15.5. The fourth-order valence-electron chi connectivity index (χ4n) is 2.49. The number of hydrogen-bond acceptors (Lipinski definition) is 3. The maximum atomic E-state index is 14.5. The molecule has 0 spiro atoms. The molecular formula is C18H18FNO2. The Morgan fingerprint density at radius 1 is 1.09 bits per heavy atom. The van der Waals surface area contributed by atoms with Crippen molar-refractivity contribution in [1.82, 2.24) is 5.32 Å². The van der Waals surface area contributed by atoms with Crippen LogP contribution in [0.15, 0.2) is 52.9 Å². The van der Waals surface area contributed by atoms with E-state index in [9.17, 15) is 4.39 Å². The Balaban J connectivity index is 1.84. The van der Waals surface area contributed by atoms with Gasteiger partial charge in [0, 0.05) is 30.5 Å². The minimum absolute atomic E-state index is 0.0336. The summed E-state index contributed by atoms with van der Waals surface area (Å²) >= 11 is 0. The summed E-state index contributed by atoms with van der Waals surface area (Å²) < 4.78 is 20.1. The van der Waals surface area contributed by atoms with E-state index in [-0.39, 0.29) is 12.4 Å². The van der Waals surface area contributed by atoms with Crippen LogP contribution in [0.25, 0.3) is 11.0 Å². The molecule has 0 amide bonds. The molecule has 2 N–H and O–H groups in total. The monoisotopic (exact) mass is 299 g/mol. The number of rotatable bonds is 6. The van der Waals surface area contributed by atoms with Crippen molar-refractivity contribution in [2.45, 2.75) is 13.0 Å². The normalized spacial score (nSPS) is 11.2. The van der Waals surface area contributed by atoms with Crippen molar-refractivity contribution in [1.29, 1.82) is 0 Å². The third-order valence-electron chi connectivity index (χ3n) is 3.58. The molecule has 0 radical (unpaired) electrons. The minimum atomic E-state index is -0.331. The lowest BCUT2D eigenvalue weighted by Gasteiger charge is -2.04. The Hall–Kier alpha value is -2.17. The van der Waals surface area contributed by atoms with Crippen molar-refractivity contribution in [2.24, 2.45) is 0 Å². The molecule has 114 valence electrons. The Morgan fingerprint density at radius 2 is 1.91 bits per heavy atom. The number of hydrogen-bond donors (Lipinski definition) is 2. The topological polar surface area (TPSA) is 45.4 Å². The first-order valence-corrected chi connectivity index (χ1v) is 7.33. The maximum absolute atomic E-state index is 14.5. The highest BCUT2D eigenvalue weighted by molar-refractivity contribution is 5.79. The van der Waals surface area contributed by atoms with Gasteiger partial charge in [-0.2, -0.15) is 0 Å². The quantitative estimate of drug-likeness (QED) is 0.687. The molecule has 0 saturated carbocycles. The molecule has 0 fully saturated rings. The highest BCUT2D eigenvalue weighted by Crippen LogP contribution is 2.26. The van der Waals surface area contributed by atoms with Crippen LogP contribution in [-0.2, 0) is 13.0 Å². The molecule has 0 atom stereocenters. The number of aliphatic hydroxyl groups is 1. The van der Waals surface area contributed by atoms with Gasteiger partial charge in [0.2, 0.25) is 0 Å². The Kier molecular flexibility index (Phi) is 4.51. The smallest absolute Gasteiger partial charge is 0.170 e. The zero-order valence-electron chi connectivity index (χ0n) is 12.2. The molecule has 22 heavy (non-hydrogen) atoms. The number of benzene rings is 2. The van der Waals surface area contributed by atoms with Crippen LogP contribution in [-0.4, -0.2) is 18.3 Å². The van der Waals surface area contributed by atoms with Crippen molar-refractivity contribution in [3.05, 3.63) is 71.2 Å². The molecule has 2 aromatic carbocycles. The van der Waals surface area contributed by atoms with E-state index < -0.39 is 0 Å². The van der Waals surface area contributed by atoms with Gasteiger partial charge in [0.15, 0.2) is 11.4 Å². The van der Waals surface area contributed by atoms with Gasteiger partial charge in [-0.3, -0.25) is 0 Å². The molecule has 0 saturated heterocycles. The van der Waals surface area contributed by atoms with E-state index in [1.54, 1.807) is 6.07 Å². The van der Waals surface area contributed by atoms with Crippen LogP contribution in [0.3, 0.4) is 0 Å². The van der Waals surface area contributed by atoms with E-state index >= 15 is 0 Å². The van der Waals surface area contributed by atoms with E-state index in [2.05, 4.69) is 5.32 Å². The van der Waals surface area contributed by atoms with Gasteiger partial charge in [0.05, 0.1) is 6.61 Å². The lowest BCUT2D eigenvalue weighted by atomic mass is 10.1. The third kappa shape index (κ3) is 3.18. The Bertz CT molecular complexity index is 752. The van der Waals surface area contributed by atoms with Crippen LogP contribution in [0, 0.1) is 5.82 Å². The zero-order valence-corrected chi connectivity index (χ0v) is 12.2. The Labute approximate surface area is 128 Å². The molecule has 1 aromatic heterocycles.